The summed E-state index contributed by atoms with van der Waals surface area (Å²) < 4.78 is 2.21. The molecule has 2 nitrogen and oxygen atoms in total. The van der Waals surface area contributed by atoms with E-state index in [1.165, 1.54) is 11.1 Å². The number of nitrogens with zero attached hydrogens (tertiary/aromatic N) is 1. The molecule has 0 spiro atoms. The van der Waals surface area contributed by atoms with Gasteiger partial charge in [-0.3, -0.25) is 4.79 Å². The van der Waals surface area contributed by atoms with E-state index < -0.39 is 0 Å². The topological polar surface area (TPSA) is 20.9 Å². The summed E-state index contributed by atoms with van der Waals surface area (Å²) in [5.74, 6) is 0.160. The van der Waals surface area contributed by atoms with Gasteiger partial charge in [-0.05, 0) is 58.7 Å². The first-order chi connectivity index (χ1) is 14.2. The van der Waals surface area contributed by atoms with Crippen LogP contribution in [-0.4, -0.2) is 5.78 Å². The zero-order valence-corrected chi connectivity index (χ0v) is 16.0. The predicted molar refractivity (Wildman–Crippen MR) is 117 cm³/mol. The van der Waals surface area contributed by atoms with E-state index in [4.69, 9.17) is 0 Å². The number of carbonyl (C=O) groups excluding carboxylic acids is 1. The molecule has 29 heavy (non-hydrogen) atoms. The maximum Gasteiger partial charge on any atom is 0.247 e. The number of aromatic nitrogens is 1. The molecule has 0 atom stereocenters. The third-order valence-electron chi connectivity index (χ3n) is 5.36. The molecule has 3 aliphatic rings. The highest BCUT2D eigenvalue weighted by Gasteiger charge is 2.24. The van der Waals surface area contributed by atoms with Gasteiger partial charge in [-0.25, -0.2) is 0 Å². The van der Waals surface area contributed by atoms with Crippen LogP contribution in [0.4, 0.5) is 0 Å². The highest BCUT2D eigenvalue weighted by Crippen LogP contribution is 2.29. The molecule has 0 radical (unpaired) electrons. The van der Waals surface area contributed by atoms with Crippen molar-refractivity contribution in [1.29, 1.82) is 0 Å². The van der Waals surface area contributed by atoms with Crippen LogP contribution >= 0.6 is 0 Å². The summed E-state index contributed by atoms with van der Waals surface area (Å²) >= 11 is 0. The summed E-state index contributed by atoms with van der Waals surface area (Å²) in [7, 11) is 0. The Balaban J connectivity index is 1.54. The van der Waals surface area contributed by atoms with E-state index in [1.54, 1.807) is 6.08 Å². The largest absolute Gasteiger partial charge is 0.295 e. The molecular weight excluding hydrogens is 354 g/mol. The van der Waals surface area contributed by atoms with Crippen molar-refractivity contribution in [2.45, 2.75) is 12.5 Å². The van der Waals surface area contributed by atoms with Crippen LogP contribution in [0.25, 0.3) is 17.7 Å². The van der Waals surface area contributed by atoms with Crippen molar-refractivity contribution in [3.8, 4) is 0 Å². The van der Waals surface area contributed by atoms with Crippen LogP contribution in [0, 0.1) is 6.42 Å². The lowest BCUT2D eigenvalue weighted by molar-refractivity contribution is -0.702. The lowest BCUT2D eigenvalue weighted by Crippen LogP contribution is -2.37. The summed E-state index contributed by atoms with van der Waals surface area (Å²) in [5, 5.41) is 0. The number of fused-ring (bicyclic) bond motifs is 4. The predicted octanol–water partition coefficient (Wildman–Crippen LogP) is 5.24. The van der Waals surface area contributed by atoms with Crippen LogP contribution in [0.1, 0.15) is 29.2 Å². The zero-order valence-electron chi connectivity index (χ0n) is 16.0. The second-order valence-electron chi connectivity index (χ2n) is 7.51. The minimum atomic E-state index is 0.160. The standard InChI is InChI=1S/C27H21NO/c29-27-10-8-24(9-11-27)25-16-20-4-6-22-15-23(7-5-21(14-20)17-25)19-26(18-22)28-12-2-1-3-13-28/h1-10,12-19,26H,11H2/q+2/b6-4-,7-5-. The molecule has 3 aliphatic carbocycles. The van der Waals surface area contributed by atoms with Crippen LogP contribution in [-0.2, 0) is 4.79 Å². The van der Waals surface area contributed by atoms with Crippen molar-refractivity contribution in [1.82, 2.24) is 0 Å². The van der Waals surface area contributed by atoms with Crippen molar-refractivity contribution in [3.63, 3.8) is 0 Å². The van der Waals surface area contributed by atoms with Gasteiger partial charge < -0.3 is 0 Å². The van der Waals surface area contributed by atoms with E-state index in [2.05, 4.69) is 90.2 Å². The molecule has 0 fully saturated rings. The van der Waals surface area contributed by atoms with Gasteiger partial charge in [0, 0.05) is 37.1 Å². The molecule has 0 saturated carbocycles. The summed E-state index contributed by atoms with van der Waals surface area (Å²) in [6.45, 7) is 0. The van der Waals surface area contributed by atoms with Gasteiger partial charge in [0.1, 0.15) is 0 Å². The van der Waals surface area contributed by atoms with Gasteiger partial charge in [-0.2, -0.15) is 4.57 Å². The second-order valence-corrected chi connectivity index (χ2v) is 7.51. The maximum absolute atomic E-state index is 11.5. The molecule has 0 unspecified atom stereocenters. The monoisotopic (exact) mass is 375 g/mol. The summed E-state index contributed by atoms with van der Waals surface area (Å²) in [6, 6.07) is 12.9. The Morgan fingerprint density at radius 1 is 0.793 bits per heavy atom. The number of rotatable bonds is 2. The Bertz CT molecular complexity index is 1110. The van der Waals surface area contributed by atoms with E-state index in [9.17, 15) is 4.79 Å². The molecule has 5 rings (SSSR count). The van der Waals surface area contributed by atoms with Gasteiger partial charge in [0.15, 0.2) is 18.2 Å². The number of allylic oxidation sites excluding steroid dienone is 10. The minimum absolute atomic E-state index is 0.160. The summed E-state index contributed by atoms with van der Waals surface area (Å²) in [6.07, 6.45) is 25.8. The lowest BCUT2D eigenvalue weighted by Gasteiger charge is -2.12. The van der Waals surface area contributed by atoms with Crippen molar-refractivity contribution < 1.29 is 9.36 Å². The molecule has 0 saturated heterocycles. The van der Waals surface area contributed by atoms with Gasteiger partial charge in [-0.15, -0.1) is 0 Å². The summed E-state index contributed by atoms with van der Waals surface area (Å²) in [5.41, 5.74) is 6.96. The SMILES string of the molecule is O=C1C=CC(c2cc3cc(c2)/C=C\C2=CC([n+]4ccccc4)C=C(/C=C\3)[CH+]2)=CC1. The number of carbonyl (C=O) groups is 1. The molecule has 1 heterocycles. The van der Waals surface area contributed by atoms with Crippen molar-refractivity contribution >= 4 is 23.5 Å². The Labute approximate surface area is 171 Å². The first-order valence-electron chi connectivity index (χ1n) is 9.90. The van der Waals surface area contributed by atoms with Crippen LogP contribution in [0.5, 0.6) is 0 Å². The molecule has 2 aromatic rings. The van der Waals surface area contributed by atoms with Crippen molar-refractivity contribution in [2.75, 3.05) is 0 Å². The zero-order chi connectivity index (χ0) is 19.6. The van der Waals surface area contributed by atoms with Crippen LogP contribution in [0.15, 0.2) is 102 Å². The molecule has 0 aliphatic heterocycles. The molecule has 138 valence electrons. The number of hydrogen-bond donors (Lipinski definition) is 0. The first kappa shape index (κ1) is 17.4. The third kappa shape index (κ3) is 3.83. The molecule has 0 amide bonds. The molecule has 1 aromatic heterocycles. The molecule has 1 aromatic carbocycles. The van der Waals surface area contributed by atoms with Gasteiger partial charge in [0.05, 0.1) is 23.3 Å². The Morgan fingerprint density at radius 2 is 1.48 bits per heavy atom. The van der Waals surface area contributed by atoms with E-state index in [0.717, 1.165) is 22.3 Å². The number of ketones is 1. The smallest absolute Gasteiger partial charge is 0.247 e. The summed E-state index contributed by atoms with van der Waals surface area (Å²) in [4.78, 5) is 11.5. The Kier molecular flexibility index (Phi) is 4.45. The van der Waals surface area contributed by atoms with Crippen LogP contribution in [0.3, 0.4) is 0 Å². The fourth-order valence-corrected chi connectivity index (χ4v) is 3.89. The van der Waals surface area contributed by atoms with E-state index >= 15 is 0 Å². The van der Waals surface area contributed by atoms with Gasteiger partial charge in [-0.1, -0.05) is 18.2 Å². The minimum Gasteiger partial charge on any atom is -0.295 e. The van der Waals surface area contributed by atoms with Crippen molar-refractivity contribution in [2.24, 2.45) is 0 Å². The highest BCUT2D eigenvalue weighted by atomic mass is 16.1. The van der Waals surface area contributed by atoms with E-state index in [0.29, 0.717) is 6.42 Å². The molecule has 2 heteroatoms. The van der Waals surface area contributed by atoms with Crippen LogP contribution in [0.2, 0.25) is 0 Å². The first-order valence-corrected chi connectivity index (χ1v) is 9.90. The lowest BCUT2D eigenvalue weighted by atomic mass is 9.91. The quantitative estimate of drug-likeness (QED) is 0.519. The number of pyridine rings is 1. The van der Waals surface area contributed by atoms with E-state index in [1.807, 2.05) is 18.2 Å². The third-order valence-corrected chi connectivity index (χ3v) is 5.36. The van der Waals surface area contributed by atoms with Gasteiger partial charge in [0.25, 0.3) is 0 Å². The fourth-order valence-electron chi connectivity index (χ4n) is 3.89. The highest BCUT2D eigenvalue weighted by molar-refractivity contribution is 5.98. The van der Waals surface area contributed by atoms with Gasteiger partial charge >= 0.3 is 0 Å². The van der Waals surface area contributed by atoms with Crippen molar-refractivity contribution in [3.05, 3.63) is 126 Å². The Hall–Kier alpha value is -3.65. The number of benzene rings is 1. The normalized spacial score (nSPS) is 20.1. The average molecular weight is 375 g/mol. The molecular formula is C27H21NO+2. The van der Waals surface area contributed by atoms with Crippen LogP contribution < -0.4 is 4.57 Å². The maximum atomic E-state index is 11.5. The average Bonchev–Trinajstić information content (AvgIpc) is 2.77. The number of hydrogen-bond acceptors (Lipinski definition) is 1. The van der Waals surface area contributed by atoms with Gasteiger partial charge in [0.2, 0.25) is 6.04 Å². The molecule has 4 bridgehead atoms. The fraction of sp³-hybridized carbons (Fsp3) is 0.0741. The Morgan fingerprint density at radius 3 is 2.10 bits per heavy atom. The molecule has 0 N–H and O–H groups in total. The second kappa shape index (κ2) is 7.40. The van der Waals surface area contributed by atoms with E-state index in [-0.39, 0.29) is 11.8 Å².